The van der Waals surface area contributed by atoms with E-state index in [0.717, 1.165) is 4.47 Å². The van der Waals surface area contributed by atoms with Crippen molar-refractivity contribution in [3.05, 3.63) is 28.7 Å². The highest BCUT2D eigenvalue weighted by molar-refractivity contribution is 9.10. The van der Waals surface area contributed by atoms with Crippen LogP contribution in [0.25, 0.3) is 0 Å². The Morgan fingerprint density at radius 2 is 1.89 bits per heavy atom. The summed E-state index contributed by atoms with van der Waals surface area (Å²) in [6, 6.07) is 6.12. The van der Waals surface area contributed by atoms with Crippen molar-refractivity contribution in [3.63, 3.8) is 0 Å². The zero-order valence-electron chi connectivity index (χ0n) is 10.7. The lowest BCUT2D eigenvalue weighted by Gasteiger charge is -2.17. The lowest BCUT2D eigenvalue weighted by atomic mass is 10.1. The third-order valence-corrected chi connectivity index (χ3v) is 2.96. The quantitative estimate of drug-likeness (QED) is 0.837. The number of benzene rings is 1. The molecule has 5 nitrogen and oxygen atoms in total. The van der Waals surface area contributed by atoms with E-state index < -0.39 is 17.9 Å². The van der Waals surface area contributed by atoms with Gasteiger partial charge in [-0.1, -0.05) is 29.8 Å². The van der Waals surface area contributed by atoms with Gasteiger partial charge in [-0.15, -0.1) is 0 Å². The summed E-state index contributed by atoms with van der Waals surface area (Å²) in [6.07, 6.45) is 0. The van der Waals surface area contributed by atoms with Gasteiger partial charge in [0, 0.05) is 4.47 Å². The van der Waals surface area contributed by atoms with Gasteiger partial charge in [0.15, 0.2) is 6.61 Å². The number of amides is 1. The van der Waals surface area contributed by atoms with E-state index in [1.165, 1.54) is 0 Å². The van der Waals surface area contributed by atoms with E-state index in [2.05, 4.69) is 21.2 Å². The van der Waals surface area contributed by atoms with Gasteiger partial charge in [-0.05, 0) is 30.2 Å². The number of rotatable bonds is 6. The van der Waals surface area contributed by atoms with Crippen LogP contribution in [0.5, 0.6) is 5.75 Å². The summed E-state index contributed by atoms with van der Waals surface area (Å²) in [6.45, 7) is 3.25. The van der Waals surface area contributed by atoms with E-state index in [0.29, 0.717) is 5.75 Å². The van der Waals surface area contributed by atoms with Crippen molar-refractivity contribution < 1.29 is 19.4 Å². The van der Waals surface area contributed by atoms with E-state index in [1.54, 1.807) is 38.1 Å². The molecule has 0 aromatic heterocycles. The zero-order valence-corrected chi connectivity index (χ0v) is 12.3. The summed E-state index contributed by atoms with van der Waals surface area (Å²) in [5, 5.41) is 11.4. The standard InChI is InChI=1S/C13H16BrNO4/c1-8(2)12(13(17)18)15-11(16)7-19-10-5-3-9(14)4-6-10/h3-6,8,12H,7H2,1-2H3,(H,15,16)(H,17,18). The number of hydrogen-bond acceptors (Lipinski definition) is 3. The molecule has 0 bridgehead atoms. The third-order valence-electron chi connectivity index (χ3n) is 2.43. The minimum absolute atomic E-state index is 0.186. The van der Waals surface area contributed by atoms with Crippen molar-refractivity contribution in [1.29, 1.82) is 0 Å². The van der Waals surface area contributed by atoms with Gasteiger partial charge in [0.2, 0.25) is 0 Å². The molecule has 0 aliphatic heterocycles. The van der Waals surface area contributed by atoms with Crippen LogP contribution in [-0.2, 0) is 9.59 Å². The van der Waals surface area contributed by atoms with Gasteiger partial charge >= 0.3 is 5.97 Å². The fourth-order valence-corrected chi connectivity index (χ4v) is 1.67. The van der Waals surface area contributed by atoms with Crippen LogP contribution < -0.4 is 10.1 Å². The minimum atomic E-state index is -1.05. The number of carboxylic acid groups (broad SMARTS) is 1. The number of ether oxygens (including phenoxy) is 1. The van der Waals surface area contributed by atoms with Gasteiger partial charge < -0.3 is 15.2 Å². The van der Waals surface area contributed by atoms with E-state index in [1.807, 2.05) is 0 Å². The molecule has 0 radical (unpaired) electrons. The first-order valence-corrected chi connectivity index (χ1v) is 6.60. The Labute approximate surface area is 120 Å². The molecule has 1 atom stereocenters. The number of carbonyl (C=O) groups excluding carboxylic acids is 1. The van der Waals surface area contributed by atoms with Crippen LogP contribution in [-0.4, -0.2) is 29.6 Å². The molecule has 1 aromatic carbocycles. The number of hydrogen-bond donors (Lipinski definition) is 2. The Morgan fingerprint density at radius 1 is 1.32 bits per heavy atom. The number of nitrogens with one attached hydrogen (secondary N) is 1. The Hall–Kier alpha value is -1.56. The van der Waals surface area contributed by atoms with Crippen LogP contribution in [0.2, 0.25) is 0 Å². The van der Waals surface area contributed by atoms with Crippen molar-refractivity contribution in [2.24, 2.45) is 5.92 Å². The maximum atomic E-state index is 11.6. The highest BCUT2D eigenvalue weighted by Gasteiger charge is 2.23. The number of carbonyl (C=O) groups is 2. The van der Waals surface area contributed by atoms with E-state index in [9.17, 15) is 9.59 Å². The van der Waals surface area contributed by atoms with Crippen molar-refractivity contribution in [2.45, 2.75) is 19.9 Å². The van der Waals surface area contributed by atoms with Gasteiger partial charge in [-0.25, -0.2) is 4.79 Å². The van der Waals surface area contributed by atoms with E-state index in [4.69, 9.17) is 9.84 Å². The first kappa shape index (κ1) is 15.5. The maximum Gasteiger partial charge on any atom is 0.326 e. The van der Waals surface area contributed by atoms with Crippen LogP contribution in [0.1, 0.15) is 13.8 Å². The lowest BCUT2D eigenvalue weighted by Crippen LogP contribution is -2.46. The molecule has 1 amide bonds. The van der Waals surface area contributed by atoms with E-state index >= 15 is 0 Å². The van der Waals surface area contributed by atoms with Crippen molar-refractivity contribution in [3.8, 4) is 5.75 Å². The SMILES string of the molecule is CC(C)C(NC(=O)COc1ccc(Br)cc1)C(=O)O. The summed E-state index contributed by atoms with van der Waals surface area (Å²) in [5.74, 6) is -1.14. The van der Waals surface area contributed by atoms with Crippen LogP contribution >= 0.6 is 15.9 Å². The molecule has 1 aromatic rings. The number of aliphatic carboxylic acids is 1. The van der Waals surface area contributed by atoms with Crippen LogP contribution in [0.4, 0.5) is 0 Å². The predicted molar refractivity (Wildman–Crippen MR) is 74.0 cm³/mol. The van der Waals surface area contributed by atoms with Gasteiger partial charge in [0.25, 0.3) is 5.91 Å². The smallest absolute Gasteiger partial charge is 0.326 e. The van der Waals surface area contributed by atoms with E-state index in [-0.39, 0.29) is 12.5 Å². The first-order chi connectivity index (χ1) is 8.90. The van der Waals surface area contributed by atoms with Crippen LogP contribution in [0.15, 0.2) is 28.7 Å². The molecular formula is C13H16BrNO4. The molecule has 0 aliphatic rings. The zero-order chi connectivity index (χ0) is 14.4. The molecular weight excluding hydrogens is 314 g/mol. The molecule has 0 saturated carbocycles. The molecule has 0 fully saturated rings. The average molecular weight is 330 g/mol. The van der Waals surface area contributed by atoms with Crippen LogP contribution in [0, 0.1) is 5.92 Å². The van der Waals surface area contributed by atoms with Gasteiger partial charge in [-0.3, -0.25) is 4.79 Å². The van der Waals surface area contributed by atoms with Gasteiger partial charge in [0.05, 0.1) is 0 Å². The molecule has 1 rings (SSSR count). The van der Waals surface area contributed by atoms with Crippen molar-refractivity contribution in [1.82, 2.24) is 5.32 Å². The molecule has 2 N–H and O–H groups in total. The second-order valence-electron chi connectivity index (χ2n) is 4.37. The molecule has 0 heterocycles. The Bertz CT molecular complexity index is 444. The molecule has 0 spiro atoms. The van der Waals surface area contributed by atoms with Crippen LogP contribution in [0.3, 0.4) is 0 Å². The molecule has 6 heteroatoms. The highest BCUT2D eigenvalue weighted by Crippen LogP contribution is 2.15. The Balaban J connectivity index is 2.47. The lowest BCUT2D eigenvalue weighted by molar-refractivity contribution is -0.143. The summed E-state index contributed by atoms with van der Waals surface area (Å²) < 4.78 is 6.17. The highest BCUT2D eigenvalue weighted by atomic mass is 79.9. The summed E-state index contributed by atoms with van der Waals surface area (Å²) >= 11 is 3.29. The number of halogens is 1. The first-order valence-electron chi connectivity index (χ1n) is 5.80. The normalized spacial score (nSPS) is 12.0. The summed E-state index contributed by atoms with van der Waals surface area (Å²) in [5.41, 5.74) is 0. The second kappa shape index (κ2) is 7.13. The largest absolute Gasteiger partial charge is 0.484 e. The van der Waals surface area contributed by atoms with Crippen molar-refractivity contribution >= 4 is 27.8 Å². The fourth-order valence-electron chi connectivity index (χ4n) is 1.41. The predicted octanol–water partition coefficient (Wildman–Crippen LogP) is 2.05. The molecule has 1 unspecified atom stereocenters. The minimum Gasteiger partial charge on any atom is -0.484 e. The summed E-state index contributed by atoms with van der Waals surface area (Å²) in [7, 11) is 0. The third kappa shape index (κ3) is 5.30. The number of carboxylic acids is 1. The maximum absolute atomic E-state index is 11.6. The second-order valence-corrected chi connectivity index (χ2v) is 5.29. The molecule has 19 heavy (non-hydrogen) atoms. The summed E-state index contributed by atoms with van der Waals surface area (Å²) in [4.78, 5) is 22.5. The monoisotopic (exact) mass is 329 g/mol. The average Bonchev–Trinajstić information content (AvgIpc) is 2.34. The van der Waals surface area contributed by atoms with Gasteiger partial charge in [-0.2, -0.15) is 0 Å². The molecule has 0 saturated heterocycles. The van der Waals surface area contributed by atoms with Gasteiger partial charge in [0.1, 0.15) is 11.8 Å². The fraction of sp³-hybridized carbons (Fsp3) is 0.385. The Morgan fingerprint density at radius 3 is 2.37 bits per heavy atom. The van der Waals surface area contributed by atoms with Crippen molar-refractivity contribution in [2.75, 3.05) is 6.61 Å². The molecule has 0 aliphatic carbocycles. The molecule has 104 valence electrons. The Kier molecular flexibility index (Phi) is 5.82. The topological polar surface area (TPSA) is 75.6 Å².